The molecule has 2 aromatic rings. The maximum absolute atomic E-state index is 12.6. The van der Waals surface area contributed by atoms with Crippen LogP contribution < -0.4 is 5.32 Å². The van der Waals surface area contributed by atoms with Crippen molar-refractivity contribution in [1.82, 2.24) is 4.90 Å². The summed E-state index contributed by atoms with van der Waals surface area (Å²) in [6, 6.07) is 13.3. The number of carbonyl (C=O) groups excluding carboxylic acids is 2. The SMILES string of the molecule is O=C(CCN1C(=O)/C(=C/c2ccccc2Cl)SC1=S)Nc1ccc(SC(F)F)cc1. The summed E-state index contributed by atoms with van der Waals surface area (Å²) < 4.78 is 25.1. The zero-order chi connectivity index (χ0) is 21.7. The minimum atomic E-state index is -2.50. The van der Waals surface area contributed by atoms with Gasteiger partial charge in [0, 0.05) is 28.6 Å². The van der Waals surface area contributed by atoms with E-state index in [0.29, 0.717) is 42.2 Å². The molecular weight excluding hydrogens is 470 g/mol. The van der Waals surface area contributed by atoms with Gasteiger partial charge in [-0.3, -0.25) is 14.5 Å². The Morgan fingerprint density at radius 3 is 2.60 bits per heavy atom. The van der Waals surface area contributed by atoms with Gasteiger partial charge in [-0.2, -0.15) is 8.78 Å². The van der Waals surface area contributed by atoms with Gasteiger partial charge in [0.2, 0.25) is 5.91 Å². The molecule has 0 spiro atoms. The number of benzene rings is 2. The quantitative estimate of drug-likeness (QED) is 0.302. The minimum absolute atomic E-state index is 0.0410. The van der Waals surface area contributed by atoms with E-state index in [1.165, 1.54) is 17.0 Å². The first-order chi connectivity index (χ1) is 14.3. The molecule has 2 amide bonds. The van der Waals surface area contributed by atoms with Crippen LogP contribution in [0.25, 0.3) is 6.08 Å². The van der Waals surface area contributed by atoms with Crippen molar-refractivity contribution in [2.24, 2.45) is 0 Å². The van der Waals surface area contributed by atoms with Crippen LogP contribution in [-0.2, 0) is 9.59 Å². The van der Waals surface area contributed by atoms with Gasteiger partial charge in [-0.15, -0.1) is 0 Å². The van der Waals surface area contributed by atoms with Crippen molar-refractivity contribution >= 4 is 75.2 Å². The van der Waals surface area contributed by atoms with Crippen molar-refractivity contribution in [2.45, 2.75) is 17.1 Å². The fraction of sp³-hybridized carbons (Fsp3) is 0.150. The third-order valence-electron chi connectivity index (χ3n) is 3.99. The second-order valence-electron chi connectivity index (χ2n) is 6.06. The molecule has 1 N–H and O–H groups in total. The largest absolute Gasteiger partial charge is 0.326 e. The molecule has 3 rings (SSSR count). The van der Waals surface area contributed by atoms with Crippen LogP contribution in [0.4, 0.5) is 14.5 Å². The van der Waals surface area contributed by atoms with E-state index in [0.717, 1.165) is 11.8 Å². The molecule has 10 heteroatoms. The number of carbonyl (C=O) groups is 2. The summed E-state index contributed by atoms with van der Waals surface area (Å²) in [4.78, 5) is 27.1. The van der Waals surface area contributed by atoms with Gasteiger partial charge < -0.3 is 5.32 Å². The van der Waals surface area contributed by atoms with E-state index >= 15 is 0 Å². The minimum Gasteiger partial charge on any atom is -0.326 e. The molecule has 30 heavy (non-hydrogen) atoms. The van der Waals surface area contributed by atoms with Crippen LogP contribution in [-0.4, -0.2) is 33.3 Å². The number of rotatable bonds is 7. The fourth-order valence-corrected chi connectivity index (χ4v) is 4.57. The summed E-state index contributed by atoms with van der Waals surface area (Å²) in [5.41, 5.74) is 1.20. The normalized spacial score (nSPS) is 15.3. The fourth-order valence-electron chi connectivity index (χ4n) is 2.58. The van der Waals surface area contributed by atoms with Crippen LogP contribution in [0.15, 0.2) is 58.3 Å². The standard InChI is InChI=1S/C20H15ClF2N2O2S3/c21-15-4-2-1-3-12(15)11-16-18(27)25(20(28)30-16)10-9-17(26)24-13-5-7-14(8-6-13)29-19(22)23/h1-8,11,19H,9-10H2,(H,24,26)/b16-11-. The van der Waals surface area contributed by atoms with Crippen LogP contribution in [0.1, 0.15) is 12.0 Å². The Morgan fingerprint density at radius 2 is 1.93 bits per heavy atom. The maximum Gasteiger partial charge on any atom is 0.288 e. The molecule has 1 heterocycles. The highest BCUT2D eigenvalue weighted by Gasteiger charge is 2.32. The predicted molar refractivity (Wildman–Crippen MR) is 123 cm³/mol. The number of anilines is 1. The number of amides is 2. The Balaban J connectivity index is 1.56. The molecule has 0 saturated carbocycles. The summed E-state index contributed by atoms with van der Waals surface area (Å²) in [6.07, 6.45) is 1.72. The number of hydrogen-bond donors (Lipinski definition) is 1. The zero-order valence-electron chi connectivity index (χ0n) is 15.3. The first-order valence-corrected chi connectivity index (χ1v) is 11.2. The van der Waals surface area contributed by atoms with Crippen LogP contribution in [0.5, 0.6) is 0 Å². The van der Waals surface area contributed by atoms with Crippen molar-refractivity contribution in [1.29, 1.82) is 0 Å². The number of halogens is 3. The summed E-state index contributed by atoms with van der Waals surface area (Å²) in [7, 11) is 0. The maximum atomic E-state index is 12.6. The molecule has 4 nitrogen and oxygen atoms in total. The van der Waals surface area contributed by atoms with Gasteiger partial charge in [0.25, 0.3) is 11.7 Å². The average Bonchev–Trinajstić information content (AvgIpc) is 2.96. The average molecular weight is 485 g/mol. The van der Waals surface area contributed by atoms with E-state index in [1.807, 2.05) is 6.07 Å². The summed E-state index contributed by atoms with van der Waals surface area (Å²) in [5.74, 6) is -3.08. The highest BCUT2D eigenvalue weighted by molar-refractivity contribution is 8.26. The van der Waals surface area contributed by atoms with Crippen LogP contribution >= 0.6 is 47.3 Å². The van der Waals surface area contributed by atoms with Gasteiger partial charge in [0.15, 0.2) is 0 Å². The van der Waals surface area contributed by atoms with Gasteiger partial charge >= 0.3 is 0 Å². The van der Waals surface area contributed by atoms with Crippen molar-refractivity contribution < 1.29 is 18.4 Å². The highest BCUT2D eigenvalue weighted by Crippen LogP contribution is 2.33. The lowest BCUT2D eigenvalue weighted by Gasteiger charge is -2.14. The Bertz CT molecular complexity index is 1000. The number of nitrogens with zero attached hydrogens (tertiary/aromatic N) is 1. The van der Waals surface area contributed by atoms with Crippen LogP contribution in [0, 0.1) is 0 Å². The first kappa shape index (κ1) is 22.7. The Kier molecular flexibility index (Phi) is 7.87. The molecule has 1 aliphatic heterocycles. The van der Waals surface area contributed by atoms with E-state index in [1.54, 1.807) is 36.4 Å². The lowest BCUT2D eigenvalue weighted by Crippen LogP contribution is -2.31. The number of thiocarbonyl (C=S) groups is 1. The second kappa shape index (κ2) is 10.4. The lowest BCUT2D eigenvalue weighted by molar-refractivity contribution is -0.122. The van der Waals surface area contributed by atoms with Gasteiger partial charge in [-0.25, -0.2) is 0 Å². The van der Waals surface area contributed by atoms with Crippen molar-refractivity contribution in [3.63, 3.8) is 0 Å². The number of thioether (sulfide) groups is 2. The molecule has 1 saturated heterocycles. The van der Waals surface area contributed by atoms with Crippen molar-refractivity contribution in [3.8, 4) is 0 Å². The molecule has 0 aromatic heterocycles. The smallest absolute Gasteiger partial charge is 0.288 e. The molecule has 0 bridgehead atoms. The van der Waals surface area contributed by atoms with Gasteiger partial charge in [-0.05, 0) is 42.0 Å². The van der Waals surface area contributed by atoms with Gasteiger partial charge in [0.05, 0.1) is 4.91 Å². The van der Waals surface area contributed by atoms with Crippen LogP contribution in [0.3, 0.4) is 0 Å². The summed E-state index contributed by atoms with van der Waals surface area (Å²) >= 11 is 13.0. The Hall–Kier alpha value is -1.94. The topological polar surface area (TPSA) is 49.4 Å². The van der Waals surface area contributed by atoms with E-state index in [-0.39, 0.29) is 24.8 Å². The third kappa shape index (κ3) is 6.04. The number of nitrogens with one attached hydrogen (secondary N) is 1. The van der Waals surface area contributed by atoms with Crippen LogP contribution in [0.2, 0.25) is 5.02 Å². The lowest BCUT2D eigenvalue weighted by atomic mass is 10.2. The van der Waals surface area contributed by atoms with E-state index < -0.39 is 5.76 Å². The summed E-state index contributed by atoms with van der Waals surface area (Å²) in [6.45, 7) is 0.135. The van der Waals surface area contributed by atoms with E-state index in [9.17, 15) is 18.4 Å². The zero-order valence-corrected chi connectivity index (χ0v) is 18.5. The second-order valence-corrected chi connectivity index (χ2v) is 9.20. The molecule has 0 unspecified atom stereocenters. The highest BCUT2D eigenvalue weighted by atomic mass is 35.5. The number of alkyl halides is 2. The molecule has 0 atom stereocenters. The number of hydrogen-bond acceptors (Lipinski definition) is 5. The van der Waals surface area contributed by atoms with E-state index in [2.05, 4.69) is 5.32 Å². The molecular formula is C20H15ClF2N2O2S3. The van der Waals surface area contributed by atoms with Crippen molar-refractivity contribution in [2.75, 3.05) is 11.9 Å². The monoisotopic (exact) mass is 484 g/mol. The van der Waals surface area contributed by atoms with E-state index in [4.69, 9.17) is 23.8 Å². The summed E-state index contributed by atoms with van der Waals surface area (Å²) in [5, 5.41) is 3.21. The molecule has 1 fully saturated rings. The molecule has 1 aliphatic rings. The molecule has 2 aromatic carbocycles. The predicted octanol–water partition coefficient (Wildman–Crippen LogP) is 5.88. The Labute approximate surface area is 191 Å². The Morgan fingerprint density at radius 1 is 1.23 bits per heavy atom. The third-order valence-corrected chi connectivity index (χ3v) is 6.44. The van der Waals surface area contributed by atoms with Gasteiger partial charge in [0.1, 0.15) is 4.32 Å². The van der Waals surface area contributed by atoms with Crippen molar-refractivity contribution in [3.05, 3.63) is 64.0 Å². The molecule has 0 radical (unpaired) electrons. The van der Waals surface area contributed by atoms with Gasteiger partial charge in [-0.1, -0.05) is 65.5 Å². The molecule has 156 valence electrons. The molecule has 0 aliphatic carbocycles. The first-order valence-electron chi connectivity index (χ1n) is 8.68.